The van der Waals surface area contributed by atoms with Gasteiger partial charge < -0.3 is 10.2 Å². The number of benzene rings is 1. The van der Waals surface area contributed by atoms with E-state index in [1.807, 2.05) is 0 Å². The minimum Gasteiger partial charge on any atom is -0.332 e. The third-order valence-corrected chi connectivity index (χ3v) is 5.81. The lowest BCUT2D eigenvalue weighted by Gasteiger charge is -2.41. The summed E-state index contributed by atoms with van der Waals surface area (Å²) in [5.41, 5.74) is 0.618. The quantitative estimate of drug-likeness (QED) is 0.746. The van der Waals surface area contributed by atoms with E-state index < -0.39 is 39.8 Å². The molecule has 1 aromatic carbocycles. The van der Waals surface area contributed by atoms with Gasteiger partial charge in [-0.2, -0.15) is 0 Å². The van der Waals surface area contributed by atoms with Crippen LogP contribution in [0.1, 0.15) is 38.3 Å². The summed E-state index contributed by atoms with van der Waals surface area (Å²) in [4.78, 5) is 14.3. The van der Waals surface area contributed by atoms with Crippen molar-refractivity contribution in [3.05, 3.63) is 46.3 Å². The SMILES string of the molecule is C[C@@H](/C=C/S(C)(=O)=O)NC(=O)N1CC[C@H](C(C)(F)F)C[C@@H]1c1ccccc1Cl. The Kier molecular flexibility index (Phi) is 7.09. The highest BCUT2D eigenvalue weighted by atomic mass is 35.5. The summed E-state index contributed by atoms with van der Waals surface area (Å²) in [5.74, 6) is -3.71. The van der Waals surface area contributed by atoms with Crippen LogP contribution >= 0.6 is 11.6 Å². The number of nitrogens with zero attached hydrogens (tertiary/aromatic N) is 1. The Balaban J connectivity index is 2.24. The Morgan fingerprint density at radius 2 is 2.04 bits per heavy atom. The van der Waals surface area contributed by atoms with Crippen molar-refractivity contribution >= 4 is 27.5 Å². The first-order valence-corrected chi connectivity index (χ1v) is 11.3. The fourth-order valence-electron chi connectivity index (χ4n) is 3.30. The molecule has 1 aromatic rings. The number of likely N-dealkylation sites (tertiary alicyclic amines) is 1. The number of rotatable bonds is 5. The summed E-state index contributed by atoms with van der Waals surface area (Å²) in [6.07, 6.45) is 2.69. The van der Waals surface area contributed by atoms with Gasteiger partial charge in [0.15, 0.2) is 9.84 Å². The standard InChI is InChI=1S/C19H25ClF2N2O3S/c1-13(9-11-28(3,26)27)23-18(25)24-10-8-14(19(2,21)22)12-17(24)15-6-4-5-7-16(15)20/h4-7,9,11,13-14,17H,8,10,12H2,1-3H3,(H,23,25)/b11-9+/t13-,14-,17+/m0/s1. The van der Waals surface area contributed by atoms with Crippen LogP contribution in [0, 0.1) is 5.92 Å². The van der Waals surface area contributed by atoms with Gasteiger partial charge in [-0.1, -0.05) is 35.9 Å². The molecule has 0 aliphatic carbocycles. The van der Waals surface area contributed by atoms with E-state index in [2.05, 4.69) is 5.32 Å². The average molecular weight is 435 g/mol. The number of sulfone groups is 1. The molecule has 0 unspecified atom stereocenters. The van der Waals surface area contributed by atoms with Gasteiger partial charge >= 0.3 is 6.03 Å². The maximum Gasteiger partial charge on any atom is 0.318 e. The minimum atomic E-state index is -3.31. The molecule has 0 radical (unpaired) electrons. The number of piperidine rings is 1. The molecule has 2 rings (SSSR count). The number of urea groups is 1. The van der Waals surface area contributed by atoms with Gasteiger partial charge in [-0.05, 0) is 38.3 Å². The lowest BCUT2D eigenvalue weighted by atomic mass is 9.84. The number of carbonyl (C=O) groups is 1. The molecule has 1 saturated heterocycles. The van der Waals surface area contributed by atoms with E-state index >= 15 is 0 Å². The summed E-state index contributed by atoms with van der Waals surface area (Å²) < 4.78 is 50.3. The van der Waals surface area contributed by atoms with E-state index in [-0.39, 0.29) is 19.4 Å². The molecule has 0 spiro atoms. The van der Waals surface area contributed by atoms with Crippen LogP contribution in [0.5, 0.6) is 0 Å². The van der Waals surface area contributed by atoms with E-state index in [1.165, 1.54) is 11.0 Å². The summed E-state index contributed by atoms with van der Waals surface area (Å²) >= 11 is 6.27. The van der Waals surface area contributed by atoms with Crippen LogP contribution in [0.2, 0.25) is 5.02 Å². The zero-order chi connectivity index (χ0) is 21.1. The van der Waals surface area contributed by atoms with Gasteiger partial charge in [-0.15, -0.1) is 0 Å². The lowest BCUT2D eigenvalue weighted by molar-refractivity contribution is -0.0686. The summed E-state index contributed by atoms with van der Waals surface area (Å²) in [6.45, 7) is 2.68. The predicted octanol–water partition coefficient (Wildman–Crippen LogP) is 4.40. The van der Waals surface area contributed by atoms with Crippen LogP contribution in [0.15, 0.2) is 35.7 Å². The van der Waals surface area contributed by atoms with E-state index in [4.69, 9.17) is 11.6 Å². The monoisotopic (exact) mass is 434 g/mol. The molecular formula is C19H25ClF2N2O3S. The number of hydrogen-bond acceptors (Lipinski definition) is 3. The molecule has 5 nitrogen and oxygen atoms in total. The van der Waals surface area contributed by atoms with Crippen molar-refractivity contribution in [3.8, 4) is 0 Å². The molecule has 1 aliphatic heterocycles. The van der Waals surface area contributed by atoms with Crippen LogP contribution in [-0.4, -0.2) is 44.1 Å². The molecule has 1 N–H and O–H groups in total. The molecule has 0 saturated carbocycles. The molecule has 0 bridgehead atoms. The van der Waals surface area contributed by atoms with Crippen molar-refractivity contribution in [1.82, 2.24) is 10.2 Å². The fraction of sp³-hybridized carbons (Fsp3) is 0.526. The zero-order valence-corrected chi connectivity index (χ0v) is 17.6. The van der Waals surface area contributed by atoms with Gasteiger partial charge in [0.05, 0.1) is 6.04 Å². The summed E-state index contributed by atoms with van der Waals surface area (Å²) in [5, 5.41) is 4.13. The Hall–Kier alpha value is -1.67. The number of alkyl halides is 2. The Labute approximate surface area is 169 Å². The van der Waals surface area contributed by atoms with Gasteiger partial charge in [0.2, 0.25) is 5.92 Å². The Morgan fingerprint density at radius 3 is 2.61 bits per heavy atom. The predicted molar refractivity (Wildman–Crippen MR) is 106 cm³/mol. The second-order valence-corrected chi connectivity index (χ2v) is 9.64. The molecule has 9 heteroatoms. The van der Waals surface area contributed by atoms with Crippen molar-refractivity contribution in [1.29, 1.82) is 0 Å². The number of amides is 2. The van der Waals surface area contributed by atoms with Crippen molar-refractivity contribution in [2.24, 2.45) is 5.92 Å². The number of hydrogen-bond donors (Lipinski definition) is 1. The van der Waals surface area contributed by atoms with E-state index in [9.17, 15) is 22.0 Å². The van der Waals surface area contributed by atoms with Crippen molar-refractivity contribution in [2.45, 2.75) is 44.7 Å². The summed E-state index contributed by atoms with van der Waals surface area (Å²) in [6, 6.07) is 5.30. The maximum atomic E-state index is 13.9. The second-order valence-electron chi connectivity index (χ2n) is 7.30. The van der Waals surface area contributed by atoms with Crippen LogP contribution in [0.25, 0.3) is 0 Å². The molecule has 1 aliphatic rings. The van der Waals surface area contributed by atoms with Gasteiger partial charge in [-0.25, -0.2) is 22.0 Å². The minimum absolute atomic E-state index is 0.0915. The van der Waals surface area contributed by atoms with Crippen LogP contribution in [0.4, 0.5) is 13.6 Å². The van der Waals surface area contributed by atoms with Gasteiger partial charge in [0.1, 0.15) is 0 Å². The smallest absolute Gasteiger partial charge is 0.318 e. The van der Waals surface area contributed by atoms with E-state index in [0.717, 1.165) is 18.6 Å². The van der Waals surface area contributed by atoms with Crippen molar-refractivity contribution in [3.63, 3.8) is 0 Å². The highest BCUT2D eigenvalue weighted by molar-refractivity contribution is 7.93. The largest absolute Gasteiger partial charge is 0.332 e. The Morgan fingerprint density at radius 1 is 1.39 bits per heavy atom. The first-order chi connectivity index (χ1) is 12.9. The normalized spacial score (nSPS) is 22.3. The third-order valence-electron chi connectivity index (χ3n) is 4.81. The topological polar surface area (TPSA) is 66.5 Å². The number of carbonyl (C=O) groups excluding carboxylic acids is 1. The van der Waals surface area contributed by atoms with Crippen LogP contribution < -0.4 is 5.32 Å². The fourth-order valence-corrected chi connectivity index (χ4v) is 4.08. The van der Waals surface area contributed by atoms with E-state index in [1.54, 1.807) is 31.2 Å². The molecule has 0 aromatic heterocycles. The second kappa shape index (κ2) is 8.78. The van der Waals surface area contributed by atoms with E-state index in [0.29, 0.717) is 10.6 Å². The van der Waals surface area contributed by atoms with Gasteiger partial charge in [0.25, 0.3) is 0 Å². The van der Waals surface area contributed by atoms with Gasteiger partial charge in [-0.3, -0.25) is 0 Å². The summed E-state index contributed by atoms with van der Waals surface area (Å²) in [7, 11) is -3.31. The van der Waals surface area contributed by atoms with Crippen LogP contribution in [-0.2, 0) is 9.84 Å². The molecule has 28 heavy (non-hydrogen) atoms. The molecule has 1 heterocycles. The highest BCUT2D eigenvalue weighted by Gasteiger charge is 2.42. The van der Waals surface area contributed by atoms with Crippen LogP contribution in [0.3, 0.4) is 0 Å². The van der Waals surface area contributed by atoms with Crippen molar-refractivity contribution in [2.75, 3.05) is 12.8 Å². The first kappa shape index (κ1) is 22.6. The molecule has 156 valence electrons. The lowest BCUT2D eigenvalue weighted by Crippen LogP contribution is -2.50. The number of halogens is 3. The van der Waals surface area contributed by atoms with Crippen molar-refractivity contribution < 1.29 is 22.0 Å². The van der Waals surface area contributed by atoms with Gasteiger partial charge in [0, 0.05) is 35.2 Å². The zero-order valence-electron chi connectivity index (χ0n) is 16.0. The Bertz CT molecular complexity index is 840. The molecule has 2 amide bonds. The molecule has 3 atom stereocenters. The molecular weight excluding hydrogens is 410 g/mol. The highest BCUT2D eigenvalue weighted by Crippen LogP contribution is 2.42. The third kappa shape index (κ3) is 6.17. The average Bonchev–Trinajstić information content (AvgIpc) is 2.58. The first-order valence-electron chi connectivity index (χ1n) is 8.96. The molecule has 1 fully saturated rings. The maximum absolute atomic E-state index is 13.9. The number of nitrogens with one attached hydrogen (secondary N) is 1.